The van der Waals surface area contributed by atoms with Crippen LogP contribution >= 0.6 is 11.6 Å². The second kappa shape index (κ2) is 10.7. The van der Waals surface area contributed by atoms with Gasteiger partial charge in [0.15, 0.2) is 5.65 Å². The lowest BCUT2D eigenvalue weighted by atomic mass is 10.1. The molecule has 198 valence electrons. The summed E-state index contributed by atoms with van der Waals surface area (Å²) in [7, 11) is 1.57. The van der Waals surface area contributed by atoms with E-state index < -0.39 is 6.03 Å². The van der Waals surface area contributed by atoms with Gasteiger partial charge in [0.25, 0.3) is 0 Å². The van der Waals surface area contributed by atoms with Crippen LogP contribution in [0.25, 0.3) is 22.5 Å². The molecule has 0 radical (unpaired) electrons. The number of nitrogens with zero attached hydrogens (tertiary/aromatic N) is 8. The number of amides is 2. The average molecular weight is 555 g/mol. The van der Waals surface area contributed by atoms with Gasteiger partial charge < -0.3 is 20.1 Å². The summed E-state index contributed by atoms with van der Waals surface area (Å²) in [5.74, 6) is 1.04. The van der Waals surface area contributed by atoms with Crippen LogP contribution in [0.2, 0.25) is 5.02 Å². The van der Waals surface area contributed by atoms with Crippen LogP contribution in [0.4, 0.5) is 16.2 Å². The number of benzene rings is 2. The number of fused-ring (bicyclic) bond motifs is 1. The number of hydrogen-bond donors (Lipinski definition) is 2. The quantitative estimate of drug-likeness (QED) is 0.282. The highest BCUT2D eigenvalue weighted by molar-refractivity contribution is 6.31. The molecule has 4 heterocycles. The van der Waals surface area contributed by atoms with E-state index in [9.17, 15) is 4.79 Å². The Kier molecular flexibility index (Phi) is 6.60. The number of rotatable bonds is 7. The third-order valence-corrected chi connectivity index (χ3v) is 5.92. The van der Waals surface area contributed by atoms with Gasteiger partial charge in [-0.05, 0) is 35.9 Å². The van der Waals surface area contributed by atoms with Gasteiger partial charge in [-0.3, -0.25) is 0 Å². The minimum Gasteiger partial charge on any atom is -0.481 e. The van der Waals surface area contributed by atoms with E-state index in [0.717, 1.165) is 11.1 Å². The second-order valence-corrected chi connectivity index (χ2v) is 8.70. The van der Waals surface area contributed by atoms with Crippen molar-refractivity contribution in [2.45, 2.75) is 0 Å². The van der Waals surface area contributed by atoms with Gasteiger partial charge in [0.2, 0.25) is 5.88 Å². The van der Waals surface area contributed by atoms with Crippen molar-refractivity contribution in [3.63, 3.8) is 0 Å². The standard InChI is InChI=1S/C26H19ClN10O3/c1-39-23-8-10-37-24(34-23)20(15-31-37)16-2-5-19(6-3-16)40-26-28-13-18(14-29-26)32-25(38)33-21-12-17(27)4-7-22(21)36-11-9-30-35-36/h2-15H,1H3,(H2,32,33,38). The number of methoxy groups -OCH3 is 1. The molecule has 6 aromatic rings. The fraction of sp³-hybridized carbons (Fsp3) is 0.0385. The summed E-state index contributed by atoms with van der Waals surface area (Å²) in [5, 5.41) is 18.0. The number of urea groups is 1. The third kappa shape index (κ3) is 5.21. The molecule has 0 saturated heterocycles. The van der Waals surface area contributed by atoms with Gasteiger partial charge in [-0.15, -0.1) is 5.10 Å². The third-order valence-electron chi connectivity index (χ3n) is 5.69. The molecule has 0 aliphatic carbocycles. The van der Waals surface area contributed by atoms with E-state index in [-0.39, 0.29) is 6.01 Å². The summed E-state index contributed by atoms with van der Waals surface area (Å²) in [5.41, 5.74) is 3.83. The van der Waals surface area contributed by atoms with Crippen molar-refractivity contribution in [3.05, 3.63) is 90.7 Å². The molecule has 2 amide bonds. The lowest BCUT2D eigenvalue weighted by molar-refractivity contribution is 0.262. The predicted molar refractivity (Wildman–Crippen MR) is 146 cm³/mol. The van der Waals surface area contributed by atoms with E-state index in [4.69, 9.17) is 21.1 Å². The van der Waals surface area contributed by atoms with Gasteiger partial charge in [0.05, 0.1) is 55.2 Å². The van der Waals surface area contributed by atoms with Crippen molar-refractivity contribution in [2.24, 2.45) is 0 Å². The van der Waals surface area contributed by atoms with Crippen LogP contribution in [0, 0.1) is 0 Å². The fourth-order valence-electron chi connectivity index (χ4n) is 3.84. The summed E-state index contributed by atoms with van der Waals surface area (Å²) in [6, 6.07) is 13.7. The zero-order valence-electron chi connectivity index (χ0n) is 20.8. The lowest BCUT2D eigenvalue weighted by Crippen LogP contribution is -2.20. The normalized spacial score (nSPS) is 10.8. The molecule has 40 heavy (non-hydrogen) atoms. The maximum atomic E-state index is 12.6. The lowest BCUT2D eigenvalue weighted by Gasteiger charge is -2.12. The summed E-state index contributed by atoms with van der Waals surface area (Å²) in [6.45, 7) is 0. The molecule has 14 heteroatoms. The molecule has 2 aromatic carbocycles. The molecule has 2 N–H and O–H groups in total. The van der Waals surface area contributed by atoms with Crippen molar-refractivity contribution >= 4 is 34.7 Å². The molecule has 0 aliphatic rings. The first-order chi connectivity index (χ1) is 19.6. The molecule has 6 rings (SSSR count). The Morgan fingerprint density at radius 1 is 0.975 bits per heavy atom. The molecule has 0 aliphatic heterocycles. The largest absolute Gasteiger partial charge is 0.481 e. The molecule has 0 spiro atoms. The van der Waals surface area contributed by atoms with Crippen LogP contribution < -0.4 is 20.1 Å². The predicted octanol–water partition coefficient (Wildman–Crippen LogP) is 4.87. The van der Waals surface area contributed by atoms with E-state index in [1.54, 1.807) is 66.6 Å². The smallest absolute Gasteiger partial charge is 0.323 e. The maximum absolute atomic E-state index is 12.6. The first-order valence-corrected chi connectivity index (χ1v) is 12.2. The van der Waals surface area contributed by atoms with Gasteiger partial charge in [-0.2, -0.15) is 10.1 Å². The molecule has 0 unspecified atom stereocenters. The van der Waals surface area contributed by atoms with Crippen LogP contribution in [0.1, 0.15) is 0 Å². The van der Waals surface area contributed by atoms with Gasteiger partial charge in [-0.1, -0.05) is 28.9 Å². The Morgan fingerprint density at radius 3 is 2.55 bits per heavy atom. The number of anilines is 2. The van der Waals surface area contributed by atoms with Crippen molar-refractivity contribution in [1.82, 2.24) is 39.6 Å². The number of hydrogen-bond acceptors (Lipinski definition) is 9. The Balaban J connectivity index is 1.10. The van der Waals surface area contributed by atoms with Crippen LogP contribution in [-0.2, 0) is 0 Å². The maximum Gasteiger partial charge on any atom is 0.323 e. The highest BCUT2D eigenvalue weighted by Crippen LogP contribution is 2.28. The summed E-state index contributed by atoms with van der Waals surface area (Å²) < 4.78 is 14.2. The number of aromatic nitrogens is 8. The zero-order valence-corrected chi connectivity index (χ0v) is 21.5. The van der Waals surface area contributed by atoms with Crippen LogP contribution in [0.5, 0.6) is 17.6 Å². The van der Waals surface area contributed by atoms with Crippen LogP contribution in [0.3, 0.4) is 0 Å². The number of ether oxygens (including phenoxy) is 2. The first kappa shape index (κ1) is 24.8. The van der Waals surface area contributed by atoms with Gasteiger partial charge in [0, 0.05) is 22.8 Å². The SMILES string of the molecule is COc1ccn2ncc(-c3ccc(Oc4ncc(NC(=O)Nc5cc(Cl)ccc5-n5ccnn5)cn4)cc3)c2n1. The van der Waals surface area contributed by atoms with Gasteiger partial charge >= 0.3 is 12.0 Å². The van der Waals surface area contributed by atoms with E-state index in [0.29, 0.717) is 39.4 Å². The topological polar surface area (TPSA) is 146 Å². The Labute approximate surface area is 231 Å². The summed E-state index contributed by atoms with van der Waals surface area (Å²) in [6.07, 6.45) is 9.58. The highest BCUT2D eigenvalue weighted by atomic mass is 35.5. The minimum atomic E-state index is -0.517. The highest BCUT2D eigenvalue weighted by Gasteiger charge is 2.12. The molecule has 4 aromatic heterocycles. The number of carbonyl (C=O) groups is 1. The molecular formula is C26H19ClN10O3. The Hall–Kier alpha value is -5.56. The molecule has 0 fully saturated rings. The van der Waals surface area contributed by atoms with Crippen LogP contribution in [0.15, 0.2) is 85.7 Å². The van der Waals surface area contributed by atoms with E-state index in [2.05, 4.69) is 41.0 Å². The summed E-state index contributed by atoms with van der Waals surface area (Å²) >= 11 is 6.11. The van der Waals surface area contributed by atoms with Crippen LogP contribution in [-0.4, -0.2) is 52.7 Å². The summed E-state index contributed by atoms with van der Waals surface area (Å²) in [4.78, 5) is 25.5. The monoisotopic (exact) mass is 554 g/mol. The zero-order chi connectivity index (χ0) is 27.5. The Morgan fingerprint density at radius 2 is 1.80 bits per heavy atom. The minimum absolute atomic E-state index is 0.115. The molecule has 0 bridgehead atoms. The van der Waals surface area contributed by atoms with Crippen molar-refractivity contribution in [1.29, 1.82) is 0 Å². The van der Waals surface area contributed by atoms with Crippen molar-refractivity contribution in [3.8, 4) is 34.5 Å². The van der Waals surface area contributed by atoms with Crippen molar-refractivity contribution < 1.29 is 14.3 Å². The second-order valence-electron chi connectivity index (χ2n) is 8.27. The average Bonchev–Trinajstić information content (AvgIpc) is 3.65. The van der Waals surface area contributed by atoms with E-state index >= 15 is 0 Å². The number of carbonyl (C=O) groups excluding carboxylic acids is 1. The first-order valence-electron chi connectivity index (χ1n) is 11.8. The number of nitrogens with one attached hydrogen (secondary N) is 2. The van der Waals surface area contributed by atoms with E-state index in [1.807, 2.05) is 12.1 Å². The van der Waals surface area contributed by atoms with Crippen molar-refractivity contribution in [2.75, 3.05) is 17.7 Å². The van der Waals surface area contributed by atoms with E-state index in [1.165, 1.54) is 23.3 Å². The number of halogens is 1. The molecular weight excluding hydrogens is 536 g/mol. The fourth-order valence-corrected chi connectivity index (χ4v) is 4.01. The Bertz CT molecular complexity index is 1790. The molecule has 13 nitrogen and oxygen atoms in total. The van der Waals surface area contributed by atoms with Gasteiger partial charge in [0.1, 0.15) is 5.75 Å². The molecule has 0 saturated carbocycles. The molecule has 0 atom stereocenters. The van der Waals surface area contributed by atoms with Gasteiger partial charge in [-0.25, -0.2) is 24.0 Å².